The first-order valence-electron chi connectivity index (χ1n) is 5.06. The largest absolute Gasteiger partial charge is 0.384 e. The molecule has 0 atom stereocenters. The fraction of sp³-hybridized carbons (Fsp3) is 0.0833. The van der Waals surface area contributed by atoms with Gasteiger partial charge in [-0.2, -0.15) is 0 Å². The lowest BCUT2D eigenvalue weighted by atomic mass is 10.0. The van der Waals surface area contributed by atoms with Crippen LogP contribution in [-0.4, -0.2) is 10.4 Å². The molecular formula is C12H13ClN4. The van der Waals surface area contributed by atoms with Crippen molar-refractivity contribution in [1.82, 2.24) is 4.57 Å². The number of halogens is 1. The van der Waals surface area contributed by atoms with Gasteiger partial charge in [-0.15, -0.1) is 0 Å². The molecular weight excluding hydrogens is 236 g/mol. The summed E-state index contributed by atoms with van der Waals surface area (Å²) in [5.74, 6) is 0.454. The zero-order valence-electron chi connectivity index (χ0n) is 9.37. The minimum absolute atomic E-state index is 0.0342. The van der Waals surface area contributed by atoms with E-state index in [0.29, 0.717) is 16.4 Å². The second kappa shape index (κ2) is 4.14. The number of hydrogen-bond donors (Lipinski definition) is 3. The summed E-state index contributed by atoms with van der Waals surface area (Å²) in [6.07, 6.45) is 1.86. The average molecular weight is 249 g/mol. The highest BCUT2D eigenvalue weighted by atomic mass is 35.5. The predicted molar refractivity (Wildman–Crippen MR) is 71.3 cm³/mol. The lowest BCUT2D eigenvalue weighted by Gasteiger charge is -2.03. The third-order valence-electron chi connectivity index (χ3n) is 2.65. The van der Waals surface area contributed by atoms with Gasteiger partial charge < -0.3 is 16.0 Å². The van der Waals surface area contributed by atoms with Crippen molar-refractivity contribution in [3.8, 4) is 11.1 Å². The van der Waals surface area contributed by atoms with E-state index in [9.17, 15) is 0 Å². The van der Waals surface area contributed by atoms with Crippen molar-refractivity contribution in [3.05, 3.63) is 41.0 Å². The first-order valence-corrected chi connectivity index (χ1v) is 5.43. The second-order valence-electron chi connectivity index (χ2n) is 3.83. The SMILES string of the molecule is Cn1cc(-c2ccc(Cl)cc2)c(C(=N)N)c1N. The highest BCUT2D eigenvalue weighted by Crippen LogP contribution is 2.29. The second-order valence-corrected chi connectivity index (χ2v) is 4.27. The number of nitrogens with two attached hydrogens (primary N) is 2. The van der Waals surface area contributed by atoms with Crippen LogP contribution in [0, 0.1) is 5.41 Å². The molecule has 0 aliphatic rings. The average Bonchev–Trinajstić information content (AvgIpc) is 2.56. The normalized spacial score (nSPS) is 10.5. The van der Waals surface area contributed by atoms with Gasteiger partial charge in [-0.05, 0) is 17.7 Å². The van der Waals surface area contributed by atoms with Crippen molar-refractivity contribution in [2.45, 2.75) is 0 Å². The van der Waals surface area contributed by atoms with Gasteiger partial charge in [-0.1, -0.05) is 23.7 Å². The minimum Gasteiger partial charge on any atom is -0.384 e. The molecule has 0 fully saturated rings. The van der Waals surface area contributed by atoms with Crippen molar-refractivity contribution < 1.29 is 0 Å². The fourth-order valence-electron chi connectivity index (χ4n) is 1.77. The van der Waals surface area contributed by atoms with Gasteiger partial charge in [0.05, 0.1) is 5.56 Å². The highest BCUT2D eigenvalue weighted by Gasteiger charge is 2.15. The van der Waals surface area contributed by atoms with Gasteiger partial charge in [-0.3, -0.25) is 5.41 Å². The Labute approximate surface area is 104 Å². The van der Waals surface area contributed by atoms with Crippen molar-refractivity contribution >= 4 is 23.3 Å². The van der Waals surface area contributed by atoms with Crippen LogP contribution in [0.3, 0.4) is 0 Å². The van der Waals surface area contributed by atoms with E-state index in [1.165, 1.54) is 0 Å². The number of rotatable bonds is 2. The number of aromatic nitrogens is 1. The molecule has 0 saturated heterocycles. The number of aryl methyl sites for hydroxylation is 1. The van der Waals surface area contributed by atoms with E-state index in [2.05, 4.69) is 0 Å². The third kappa shape index (κ3) is 1.99. The summed E-state index contributed by atoms with van der Waals surface area (Å²) in [6, 6.07) is 7.35. The number of nitrogens with zero attached hydrogens (tertiary/aromatic N) is 1. The van der Waals surface area contributed by atoms with Crippen LogP contribution in [0.4, 0.5) is 5.82 Å². The van der Waals surface area contributed by atoms with Crippen molar-refractivity contribution in [2.24, 2.45) is 12.8 Å². The molecule has 1 aromatic carbocycles. The molecule has 1 heterocycles. The first kappa shape index (κ1) is 11.5. The summed E-state index contributed by atoms with van der Waals surface area (Å²) >= 11 is 5.84. The Hall–Kier alpha value is -1.94. The molecule has 0 bridgehead atoms. The molecule has 17 heavy (non-hydrogen) atoms. The van der Waals surface area contributed by atoms with E-state index in [1.807, 2.05) is 25.4 Å². The predicted octanol–water partition coefficient (Wildman–Crippen LogP) is 2.21. The van der Waals surface area contributed by atoms with E-state index >= 15 is 0 Å². The maximum absolute atomic E-state index is 7.58. The van der Waals surface area contributed by atoms with Crippen LogP contribution in [0.5, 0.6) is 0 Å². The monoisotopic (exact) mass is 248 g/mol. The fourth-order valence-corrected chi connectivity index (χ4v) is 1.90. The van der Waals surface area contributed by atoms with Gasteiger partial charge >= 0.3 is 0 Å². The van der Waals surface area contributed by atoms with E-state index in [0.717, 1.165) is 11.1 Å². The Morgan fingerprint density at radius 2 is 1.88 bits per heavy atom. The van der Waals surface area contributed by atoms with Gasteiger partial charge in [-0.25, -0.2) is 0 Å². The summed E-state index contributed by atoms with van der Waals surface area (Å²) in [5, 5.41) is 8.25. The Morgan fingerprint density at radius 1 is 1.29 bits per heavy atom. The summed E-state index contributed by atoms with van der Waals surface area (Å²) < 4.78 is 1.75. The first-order chi connectivity index (χ1) is 8.00. The quantitative estimate of drug-likeness (QED) is 0.563. The molecule has 0 spiro atoms. The lowest BCUT2D eigenvalue weighted by molar-refractivity contribution is 0.941. The molecule has 0 unspecified atom stereocenters. The number of benzene rings is 1. The van der Waals surface area contributed by atoms with Crippen molar-refractivity contribution in [3.63, 3.8) is 0 Å². The van der Waals surface area contributed by atoms with Crippen LogP contribution in [0.25, 0.3) is 11.1 Å². The van der Waals surface area contributed by atoms with Gasteiger partial charge in [0.15, 0.2) is 0 Å². The van der Waals surface area contributed by atoms with Gasteiger partial charge in [0.2, 0.25) is 0 Å². The summed E-state index contributed by atoms with van der Waals surface area (Å²) in [4.78, 5) is 0. The van der Waals surface area contributed by atoms with Crippen LogP contribution >= 0.6 is 11.6 Å². The number of nitrogens with one attached hydrogen (secondary N) is 1. The summed E-state index contributed by atoms with van der Waals surface area (Å²) in [5.41, 5.74) is 13.8. The number of amidine groups is 1. The van der Waals surface area contributed by atoms with E-state index in [-0.39, 0.29) is 5.84 Å². The Balaban J connectivity index is 2.63. The molecule has 0 aliphatic carbocycles. The Kier molecular flexibility index (Phi) is 2.81. The third-order valence-corrected chi connectivity index (χ3v) is 2.90. The summed E-state index contributed by atoms with van der Waals surface area (Å²) in [7, 11) is 1.82. The molecule has 2 rings (SSSR count). The Bertz CT molecular complexity index is 569. The molecule has 5 heteroatoms. The molecule has 0 radical (unpaired) electrons. The maximum atomic E-state index is 7.58. The molecule has 1 aromatic heterocycles. The zero-order chi connectivity index (χ0) is 12.6. The van der Waals surface area contributed by atoms with E-state index in [1.54, 1.807) is 16.7 Å². The topological polar surface area (TPSA) is 80.8 Å². The number of nitrogen functional groups attached to an aromatic ring is 2. The number of anilines is 1. The molecule has 2 aromatic rings. The number of hydrogen-bond acceptors (Lipinski definition) is 2. The highest BCUT2D eigenvalue weighted by molar-refractivity contribution is 6.30. The molecule has 5 N–H and O–H groups in total. The van der Waals surface area contributed by atoms with Gasteiger partial charge in [0.25, 0.3) is 0 Å². The summed E-state index contributed by atoms with van der Waals surface area (Å²) in [6.45, 7) is 0. The molecule has 88 valence electrons. The molecule has 0 aliphatic heterocycles. The molecule has 4 nitrogen and oxygen atoms in total. The van der Waals surface area contributed by atoms with Crippen molar-refractivity contribution in [2.75, 3.05) is 5.73 Å². The molecule has 0 amide bonds. The van der Waals surface area contributed by atoms with Crippen LogP contribution in [0.1, 0.15) is 5.56 Å². The standard InChI is InChI=1S/C12H13ClN4/c1-17-6-9(10(11(14)15)12(17)16)7-2-4-8(13)5-3-7/h2-6H,16H2,1H3,(H3,14,15). The zero-order valence-corrected chi connectivity index (χ0v) is 10.1. The van der Waals surface area contributed by atoms with Crippen LogP contribution in [0.2, 0.25) is 5.02 Å². The smallest absolute Gasteiger partial charge is 0.127 e. The minimum atomic E-state index is -0.0342. The van der Waals surface area contributed by atoms with Crippen molar-refractivity contribution in [1.29, 1.82) is 5.41 Å². The maximum Gasteiger partial charge on any atom is 0.127 e. The Morgan fingerprint density at radius 3 is 2.41 bits per heavy atom. The molecule has 0 saturated carbocycles. The van der Waals surface area contributed by atoms with Crippen LogP contribution < -0.4 is 11.5 Å². The lowest BCUT2D eigenvalue weighted by Crippen LogP contribution is -2.14. The van der Waals surface area contributed by atoms with Gasteiger partial charge in [0.1, 0.15) is 11.7 Å². The van der Waals surface area contributed by atoms with E-state index < -0.39 is 0 Å². The van der Waals surface area contributed by atoms with Crippen LogP contribution in [-0.2, 0) is 7.05 Å². The van der Waals surface area contributed by atoms with Gasteiger partial charge in [0, 0.05) is 23.8 Å². The van der Waals surface area contributed by atoms with Crippen LogP contribution in [0.15, 0.2) is 30.5 Å². The van der Waals surface area contributed by atoms with E-state index in [4.69, 9.17) is 28.5 Å².